The number of ketones is 2. The second-order valence-corrected chi connectivity index (χ2v) is 6.09. The summed E-state index contributed by atoms with van der Waals surface area (Å²) in [5, 5.41) is 9.70. The Balaban J connectivity index is 1.66. The average molecular weight is 346 g/mol. The molecule has 2 aliphatic rings. The van der Waals surface area contributed by atoms with E-state index in [2.05, 4.69) is 4.99 Å². The van der Waals surface area contributed by atoms with Crippen molar-refractivity contribution in [3.8, 4) is 5.75 Å². The Labute approximate surface area is 144 Å². The van der Waals surface area contributed by atoms with Gasteiger partial charge in [-0.1, -0.05) is 6.07 Å². The van der Waals surface area contributed by atoms with Crippen LogP contribution in [0, 0.1) is 5.82 Å². The van der Waals surface area contributed by atoms with Crippen LogP contribution in [0.5, 0.6) is 5.75 Å². The second-order valence-electron chi connectivity index (χ2n) is 6.09. The Hall–Kier alpha value is -2.54. The van der Waals surface area contributed by atoms with E-state index in [-0.39, 0.29) is 36.6 Å². The molecule has 0 radical (unpaired) electrons. The lowest BCUT2D eigenvalue weighted by Crippen LogP contribution is -2.36. The van der Waals surface area contributed by atoms with E-state index in [4.69, 9.17) is 4.74 Å². The molecule has 0 atom stereocenters. The van der Waals surface area contributed by atoms with E-state index in [0.717, 1.165) is 6.07 Å². The number of morpholine rings is 1. The third-order valence-electron chi connectivity index (χ3n) is 4.11. The topological polar surface area (TPSA) is 79.2 Å². The number of phenols is 1. The summed E-state index contributed by atoms with van der Waals surface area (Å²) in [4.78, 5) is 30.6. The summed E-state index contributed by atoms with van der Waals surface area (Å²) in [6.45, 7) is 2.49. The highest BCUT2D eigenvalue weighted by Crippen LogP contribution is 2.21. The maximum absolute atomic E-state index is 13.0. The van der Waals surface area contributed by atoms with Gasteiger partial charge >= 0.3 is 0 Å². The Kier molecular flexibility index (Phi) is 5.23. The fourth-order valence-electron chi connectivity index (χ4n) is 2.88. The van der Waals surface area contributed by atoms with Crippen LogP contribution in [0.25, 0.3) is 0 Å². The number of aromatic hydroxyl groups is 1. The number of Topliss-reactive ketones (excluding diaryl/α,β-unsaturated/α-hetero) is 1. The summed E-state index contributed by atoms with van der Waals surface area (Å²) in [7, 11) is 0. The predicted molar refractivity (Wildman–Crippen MR) is 88.9 cm³/mol. The van der Waals surface area contributed by atoms with E-state index in [9.17, 15) is 19.1 Å². The van der Waals surface area contributed by atoms with Crippen molar-refractivity contribution in [3.63, 3.8) is 0 Å². The molecule has 1 saturated heterocycles. The minimum atomic E-state index is -0.559. The normalized spacial score (nSPS) is 18.0. The number of hydrogen-bond donors (Lipinski definition) is 1. The van der Waals surface area contributed by atoms with Crippen LogP contribution in [0.15, 0.2) is 35.1 Å². The smallest absolute Gasteiger partial charge is 0.164 e. The van der Waals surface area contributed by atoms with E-state index in [1.807, 2.05) is 4.90 Å². The fraction of sp³-hybridized carbons (Fsp3) is 0.389. The molecule has 6 nitrogen and oxygen atoms in total. The number of carbonyl (C=O) groups is 2. The molecule has 25 heavy (non-hydrogen) atoms. The highest BCUT2D eigenvalue weighted by atomic mass is 19.1. The highest BCUT2D eigenvalue weighted by molar-refractivity contribution is 6.14. The van der Waals surface area contributed by atoms with Gasteiger partial charge in [-0.15, -0.1) is 0 Å². The molecule has 2 aliphatic heterocycles. The quantitative estimate of drug-likeness (QED) is 0.876. The maximum Gasteiger partial charge on any atom is 0.164 e. The zero-order valence-corrected chi connectivity index (χ0v) is 13.7. The Morgan fingerprint density at radius 3 is 2.76 bits per heavy atom. The molecule has 1 aromatic carbocycles. The van der Waals surface area contributed by atoms with Crippen molar-refractivity contribution in [1.29, 1.82) is 0 Å². The molecule has 0 spiro atoms. The van der Waals surface area contributed by atoms with Gasteiger partial charge < -0.3 is 14.7 Å². The Morgan fingerprint density at radius 2 is 2.04 bits per heavy atom. The molecule has 0 saturated carbocycles. The SMILES string of the molecule is O=C1C=C(N2CCOCC2)N=C(CC(=O)Cc2ccc(F)cc2O)C1. The minimum absolute atomic E-state index is 0.0318. The number of ether oxygens (including phenoxy) is 1. The summed E-state index contributed by atoms with van der Waals surface area (Å²) in [5.74, 6) is -0.493. The van der Waals surface area contributed by atoms with E-state index in [1.165, 1.54) is 18.2 Å². The van der Waals surface area contributed by atoms with Gasteiger partial charge in [0, 0.05) is 55.8 Å². The lowest BCUT2D eigenvalue weighted by Gasteiger charge is -2.30. The van der Waals surface area contributed by atoms with Gasteiger partial charge in [0.25, 0.3) is 0 Å². The zero-order chi connectivity index (χ0) is 17.8. The fourth-order valence-corrected chi connectivity index (χ4v) is 2.88. The predicted octanol–water partition coefficient (Wildman–Crippen LogP) is 1.62. The number of carbonyl (C=O) groups excluding carboxylic acids is 2. The first-order valence-corrected chi connectivity index (χ1v) is 8.14. The van der Waals surface area contributed by atoms with Crippen LogP contribution >= 0.6 is 0 Å². The second kappa shape index (κ2) is 7.57. The first-order chi connectivity index (χ1) is 12.0. The van der Waals surface area contributed by atoms with E-state index in [1.54, 1.807) is 0 Å². The van der Waals surface area contributed by atoms with Crippen molar-refractivity contribution in [2.75, 3.05) is 26.3 Å². The summed E-state index contributed by atoms with van der Waals surface area (Å²) < 4.78 is 18.3. The minimum Gasteiger partial charge on any atom is -0.508 e. The number of halogens is 1. The molecule has 0 bridgehead atoms. The largest absolute Gasteiger partial charge is 0.508 e. The van der Waals surface area contributed by atoms with Crippen molar-refractivity contribution >= 4 is 17.3 Å². The molecular weight excluding hydrogens is 327 g/mol. The van der Waals surface area contributed by atoms with Crippen LogP contribution in [-0.2, 0) is 20.7 Å². The van der Waals surface area contributed by atoms with Crippen LogP contribution in [0.3, 0.4) is 0 Å². The number of aliphatic imine (C=N–C) groups is 1. The Morgan fingerprint density at radius 1 is 1.28 bits per heavy atom. The first-order valence-electron chi connectivity index (χ1n) is 8.14. The number of hydrogen-bond acceptors (Lipinski definition) is 6. The highest BCUT2D eigenvalue weighted by Gasteiger charge is 2.22. The maximum atomic E-state index is 13.0. The van der Waals surface area contributed by atoms with Crippen molar-refractivity contribution < 1.29 is 23.8 Å². The number of phenolic OH excluding ortho intramolecular Hbond substituents is 1. The van der Waals surface area contributed by atoms with Crippen LogP contribution in [0.1, 0.15) is 18.4 Å². The van der Waals surface area contributed by atoms with Crippen molar-refractivity contribution in [2.45, 2.75) is 19.3 Å². The number of benzene rings is 1. The molecule has 0 aromatic heterocycles. The van der Waals surface area contributed by atoms with Crippen LogP contribution in [0.4, 0.5) is 4.39 Å². The van der Waals surface area contributed by atoms with Crippen molar-refractivity contribution in [2.24, 2.45) is 4.99 Å². The van der Waals surface area contributed by atoms with Gasteiger partial charge in [-0.3, -0.25) is 9.59 Å². The third-order valence-corrected chi connectivity index (χ3v) is 4.11. The molecule has 1 N–H and O–H groups in total. The van der Waals surface area contributed by atoms with Crippen LogP contribution in [0.2, 0.25) is 0 Å². The molecule has 0 amide bonds. The molecular formula is C18H19FN2O4. The summed E-state index contributed by atoms with van der Waals surface area (Å²) in [5.41, 5.74) is 0.874. The number of nitrogens with zero attached hydrogens (tertiary/aromatic N) is 2. The summed E-state index contributed by atoms with van der Waals surface area (Å²) in [6.07, 6.45) is 1.63. The molecule has 0 unspecified atom stereocenters. The van der Waals surface area contributed by atoms with Gasteiger partial charge in [0.2, 0.25) is 0 Å². The van der Waals surface area contributed by atoms with Gasteiger partial charge in [-0.25, -0.2) is 9.38 Å². The van der Waals surface area contributed by atoms with Gasteiger partial charge in [-0.05, 0) is 6.07 Å². The van der Waals surface area contributed by atoms with Gasteiger partial charge in [0.05, 0.1) is 13.2 Å². The standard InChI is InChI=1S/C18H19FN2O4/c19-13-2-1-12(17(24)8-13)7-15(22)9-14-10-16(23)11-18(20-14)21-3-5-25-6-4-21/h1-2,8,11,24H,3-7,9-10H2. The lowest BCUT2D eigenvalue weighted by atomic mass is 10.0. The molecule has 0 aliphatic carbocycles. The van der Waals surface area contributed by atoms with Gasteiger partial charge in [-0.2, -0.15) is 0 Å². The Bertz CT molecular complexity index is 751. The molecule has 1 fully saturated rings. The van der Waals surface area contributed by atoms with Crippen molar-refractivity contribution in [3.05, 3.63) is 41.5 Å². The van der Waals surface area contributed by atoms with E-state index >= 15 is 0 Å². The van der Waals surface area contributed by atoms with E-state index in [0.29, 0.717) is 43.4 Å². The van der Waals surface area contributed by atoms with Crippen LogP contribution in [-0.4, -0.2) is 53.6 Å². The van der Waals surface area contributed by atoms with Crippen molar-refractivity contribution in [1.82, 2.24) is 4.90 Å². The van der Waals surface area contributed by atoms with E-state index < -0.39 is 5.82 Å². The summed E-state index contributed by atoms with van der Waals surface area (Å²) in [6, 6.07) is 3.56. The molecule has 1 aromatic rings. The molecule has 3 rings (SSSR count). The molecule has 132 valence electrons. The van der Waals surface area contributed by atoms with Crippen LogP contribution < -0.4 is 0 Å². The first kappa shape index (κ1) is 17.3. The zero-order valence-electron chi connectivity index (χ0n) is 13.7. The molecule has 2 heterocycles. The average Bonchev–Trinajstić information content (AvgIpc) is 2.58. The lowest BCUT2D eigenvalue weighted by molar-refractivity contribution is -0.117. The summed E-state index contributed by atoms with van der Waals surface area (Å²) >= 11 is 0. The number of rotatable bonds is 5. The van der Waals surface area contributed by atoms with Gasteiger partial charge in [0.1, 0.15) is 23.2 Å². The third kappa shape index (κ3) is 4.51. The monoisotopic (exact) mass is 346 g/mol. The molecule has 7 heteroatoms. The number of allylic oxidation sites excluding steroid dienone is 1. The van der Waals surface area contributed by atoms with Gasteiger partial charge in [0.15, 0.2) is 5.78 Å².